The lowest BCUT2D eigenvalue weighted by Gasteiger charge is -2.24. The van der Waals surface area contributed by atoms with Crippen LogP contribution in [0.25, 0.3) is 0 Å². The fraction of sp³-hybridized carbons (Fsp3) is 1.00. The second kappa shape index (κ2) is 1.58. The maximum absolute atomic E-state index is 10.6. The fourth-order valence-electron chi connectivity index (χ4n) is 0.353. The van der Waals surface area contributed by atoms with Crippen molar-refractivity contribution in [2.24, 2.45) is 0 Å². The summed E-state index contributed by atoms with van der Waals surface area (Å²) < 4.78 is 19.8. The maximum atomic E-state index is 10.6. The standard InChI is InChI=1S/C3H7O3P/c1-2-7(4)5-3-6-7/h2-3H2,1H3. The lowest BCUT2D eigenvalue weighted by Crippen LogP contribution is -2.10. The van der Waals surface area contributed by atoms with Gasteiger partial charge >= 0.3 is 7.60 Å². The van der Waals surface area contributed by atoms with Gasteiger partial charge in [0.2, 0.25) is 0 Å². The first kappa shape index (κ1) is 5.29. The minimum atomic E-state index is -2.47. The second-order valence-electron chi connectivity index (χ2n) is 1.30. The molecule has 7 heavy (non-hydrogen) atoms. The SMILES string of the molecule is CCP1(=O)OCO1. The molecular weight excluding hydrogens is 115 g/mol. The molecule has 1 aliphatic heterocycles. The highest BCUT2D eigenvalue weighted by Crippen LogP contribution is 2.54. The Hall–Kier alpha value is 0.150. The van der Waals surface area contributed by atoms with Crippen LogP contribution >= 0.6 is 7.60 Å². The Kier molecular flexibility index (Phi) is 1.20. The van der Waals surface area contributed by atoms with Gasteiger partial charge in [-0.05, 0) is 0 Å². The Morgan fingerprint density at radius 1 is 1.71 bits per heavy atom. The second-order valence-corrected chi connectivity index (χ2v) is 3.67. The fourth-order valence-corrected chi connectivity index (χ4v) is 1.06. The normalized spacial score (nSPS) is 26.4. The van der Waals surface area contributed by atoms with Gasteiger partial charge in [0.05, 0.1) is 0 Å². The summed E-state index contributed by atoms with van der Waals surface area (Å²) in [4.78, 5) is 0. The van der Waals surface area contributed by atoms with Crippen LogP contribution in [0.3, 0.4) is 0 Å². The molecule has 1 heterocycles. The lowest BCUT2D eigenvalue weighted by atomic mass is 11.0. The zero-order valence-corrected chi connectivity index (χ0v) is 4.98. The van der Waals surface area contributed by atoms with Gasteiger partial charge in [0.15, 0.2) is 6.79 Å². The molecule has 0 aromatic rings. The largest absolute Gasteiger partial charge is 0.334 e. The Morgan fingerprint density at radius 2 is 2.29 bits per heavy atom. The van der Waals surface area contributed by atoms with Crippen LogP contribution in [0.1, 0.15) is 6.92 Å². The van der Waals surface area contributed by atoms with E-state index in [0.717, 1.165) is 0 Å². The van der Waals surface area contributed by atoms with E-state index < -0.39 is 7.60 Å². The molecule has 0 spiro atoms. The molecule has 0 atom stereocenters. The molecule has 1 saturated heterocycles. The molecule has 42 valence electrons. The Morgan fingerprint density at radius 3 is 2.29 bits per heavy atom. The van der Waals surface area contributed by atoms with Gasteiger partial charge in [-0.2, -0.15) is 0 Å². The molecule has 0 N–H and O–H groups in total. The first-order valence-electron chi connectivity index (χ1n) is 2.15. The predicted octanol–water partition coefficient (Wildman–Crippen LogP) is 1.20. The van der Waals surface area contributed by atoms with E-state index >= 15 is 0 Å². The van der Waals surface area contributed by atoms with Gasteiger partial charge in [-0.3, -0.25) is 13.6 Å². The van der Waals surface area contributed by atoms with Crippen molar-refractivity contribution in [2.75, 3.05) is 13.0 Å². The summed E-state index contributed by atoms with van der Waals surface area (Å²) in [5.74, 6) is 0. The van der Waals surface area contributed by atoms with Gasteiger partial charge in [-0.1, -0.05) is 6.92 Å². The van der Waals surface area contributed by atoms with Crippen LogP contribution in [0.4, 0.5) is 0 Å². The molecule has 1 aliphatic rings. The Labute approximate surface area is 42.2 Å². The van der Waals surface area contributed by atoms with E-state index in [4.69, 9.17) is 0 Å². The van der Waals surface area contributed by atoms with Gasteiger partial charge in [0.25, 0.3) is 0 Å². The van der Waals surface area contributed by atoms with E-state index in [0.29, 0.717) is 6.16 Å². The molecule has 3 nitrogen and oxygen atoms in total. The van der Waals surface area contributed by atoms with Crippen LogP contribution in [-0.4, -0.2) is 13.0 Å². The molecule has 0 aromatic carbocycles. The first-order valence-corrected chi connectivity index (χ1v) is 3.88. The highest BCUT2D eigenvalue weighted by molar-refractivity contribution is 7.54. The molecule has 0 bridgehead atoms. The summed E-state index contributed by atoms with van der Waals surface area (Å²) in [5.41, 5.74) is 0. The maximum Gasteiger partial charge on any atom is 0.334 e. The van der Waals surface area contributed by atoms with Crippen LogP contribution in [-0.2, 0) is 13.6 Å². The average molecular weight is 122 g/mol. The predicted molar refractivity (Wildman–Crippen MR) is 25.2 cm³/mol. The van der Waals surface area contributed by atoms with E-state index in [9.17, 15) is 4.57 Å². The quantitative estimate of drug-likeness (QED) is 0.490. The molecule has 1 fully saturated rings. The number of hydrogen-bond acceptors (Lipinski definition) is 3. The van der Waals surface area contributed by atoms with Gasteiger partial charge in [0, 0.05) is 6.16 Å². The van der Waals surface area contributed by atoms with Crippen LogP contribution in [0, 0.1) is 0 Å². The average Bonchev–Trinajstić information content (AvgIpc) is 1.61. The van der Waals surface area contributed by atoms with Crippen molar-refractivity contribution >= 4 is 7.60 Å². The van der Waals surface area contributed by atoms with Crippen molar-refractivity contribution in [2.45, 2.75) is 6.92 Å². The minimum Gasteiger partial charge on any atom is -0.280 e. The summed E-state index contributed by atoms with van der Waals surface area (Å²) in [6.45, 7) is 1.99. The summed E-state index contributed by atoms with van der Waals surface area (Å²) in [6, 6.07) is 0. The van der Waals surface area contributed by atoms with Crippen molar-refractivity contribution in [1.29, 1.82) is 0 Å². The summed E-state index contributed by atoms with van der Waals surface area (Å²) in [5, 5.41) is 0. The van der Waals surface area contributed by atoms with Gasteiger partial charge in [-0.25, -0.2) is 0 Å². The van der Waals surface area contributed by atoms with Crippen LogP contribution in [0.15, 0.2) is 0 Å². The molecule has 4 heteroatoms. The lowest BCUT2D eigenvalue weighted by molar-refractivity contribution is 0.00968. The topological polar surface area (TPSA) is 35.5 Å². The van der Waals surface area contributed by atoms with E-state index in [-0.39, 0.29) is 6.79 Å². The molecule has 1 rings (SSSR count). The zero-order valence-electron chi connectivity index (χ0n) is 4.09. The number of rotatable bonds is 1. The monoisotopic (exact) mass is 122 g/mol. The summed E-state index contributed by atoms with van der Waals surface area (Å²) in [7, 11) is -2.47. The summed E-state index contributed by atoms with van der Waals surface area (Å²) in [6.07, 6.45) is 0.493. The van der Waals surface area contributed by atoms with E-state index in [2.05, 4.69) is 9.05 Å². The molecule has 0 unspecified atom stereocenters. The van der Waals surface area contributed by atoms with Crippen molar-refractivity contribution < 1.29 is 13.6 Å². The summed E-state index contributed by atoms with van der Waals surface area (Å²) >= 11 is 0. The van der Waals surface area contributed by atoms with Crippen molar-refractivity contribution in [3.63, 3.8) is 0 Å². The Bertz CT molecular complexity index is 94.5. The third kappa shape index (κ3) is 0.852. The molecule has 0 saturated carbocycles. The number of hydrogen-bond donors (Lipinski definition) is 0. The van der Waals surface area contributed by atoms with Crippen molar-refractivity contribution in [3.8, 4) is 0 Å². The van der Waals surface area contributed by atoms with Crippen molar-refractivity contribution in [3.05, 3.63) is 0 Å². The van der Waals surface area contributed by atoms with Crippen molar-refractivity contribution in [1.82, 2.24) is 0 Å². The molecule has 0 aromatic heterocycles. The van der Waals surface area contributed by atoms with Crippen LogP contribution < -0.4 is 0 Å². The van der Waals surface area contributed by atoms with E-state index in [1.165, 1.54) is 0 Å². The van der Waals surface area contributed by atoms with Gasteiger partial charge < -0.3 is 0 Å². The first-order chi connectivity index (χ1) is 3.27. The van der Waals surface area contributed by atoms with E-state index in [1.807, 2.05) is 0 Å². The van der Waals surface area contributed by atoms with Crippen LogP contribution in [0.5, 0.6) is 0 Å². The highest BCUT2D eigenvalue weighted by Gasteiger charge is 2.30. The molecule has 0 radical (unpaired) electrons. The highest BCUT2D eigenvalue weighted by atomic mass is 31.2. The smallest absolute Gasteiger partial charge is 0.280 e. The molecule has 0 aliphatic carbocycles. The third-order valence-electron chi connectivity index (χ3n) is 0.886. The molecule has 0 amide bonds. The van der Waals surface area contributed by atoms with Gasteiger partial charge in [0.1, 0.15) is 0 Å². The van der Waals surface area contributed by atoms with Gasteiger partial charge in [-0.15, -0.1) is 0 Å². The van der Waals surface area contributed by atoms with Crippen LogP contribution in [0.2, 0.25) is 0 Å². The Balaban J connectivity index is 2.45. The minimum absolute atomic E-state index is 0.213. The third-order valence-corrected chi connectivity index (χ3v) is 2.66. The molecular formula is C3H7O3P. The zero-order chi connectivity index (χ0) is 5.33. The van der Waals surface area contributed by atoms with E-state index in [1.54, 1.807) is 6.92 Å².